The van der Waals surface area contributed by atoms with E-state index in [0.717, 1.165) is 16.1 Å². The Hall–Kier alpha value is -3.07. The highest BCUT2D eigenvalue weighted by molar-refractivity contribution is 7.92. The van der Waals surface area contributed by atoms with Crippen LogP contribution in [-0.4, -0.2) is 47.3 Å². The fraction of sp³-hybridized carbons (Fsp3) is 0.300. The lowest BCUT2D eigenvalue weighted by Crippen LogP contribution is -2.37. The third kappa shape index (κ3) is 5.26. The number of methoxy groups -OCH3 is 2. The Bertz CT molecular complexity index is 1030. The number of aryl methyl sites for hydroxylation is 1. The summed E-state index contributed by atoms with van der Waals surface area (Å²) in [6.07, 6.45) is 1.02. The van der Waals surface area contributed by atoms with Crippen molar-refractivity contribution in [1.82, 2.24) is 0 Å². The van der Waals surface area contributed by atoms with Crippen LogP contribution < -0.4 is 14.4 Å². The molecule has 0 aromatic heterocycles. The maximum atomic E-state index is 12.7. The molecule has 0 heterocycles. The van der Waals surface area contributed by atoms with Crippen molar-refractivity contribution in [3.8, 4) is 5.75 Å². The Labute approximate surface area is 170 Å². The molecule has 0 saturated heterocycles. The third-order valence-corrected chi connectivity index (χ3v) is 5.43. The Kier molecular flexibility index (Phi) is 6.86. The number of ether oxygens (including phenoxy) is 2. The highest BCUT2D eigenvalue weighted by atomic mass is 32.2. The van der Waals surface area contributed by atoms with E-state index < -0.39 is 28.4 Å². The maximum absolute atomic E-state index is 12.7. The number of amides is 1. The van der Waals surface area contributed by atoms with E-state index in [2.05, 4.69) is 5.32 Å². The van der Waals surface area contributed by atoms with Crippen LogP contribution in [0.3, 0.4) is 0 Å². The van der Waals surface area contributed by atoms with Crippen LogP contribution in [-0.2, 0) is 19.6 Å². The molecule has 29 heavy (non-hydrogen) atoms. The molecule has 8 nitrogen and oxygen atoms in total. The van der Waals surface area contributed by atoms with Crippen molar-refractivity contribution in [3.05, 3.63) is 53.1 Å². The molecular formula is C20H24N2O6S. The summed E-state index contributed by atoms with van der Waals surface area (Å²) in [4.78, 5) is 24.5. The standard InChI is InChI=1S/C20H24N2O6S/c1-13-9-10-18(27-3)17(11-13)22(29(5,25)26)12-19(23)21-16-8-6-7-15(14(16)2)20(24)28-4/h6-11H,12H2,1-5H3,(H,21,23). The molecule has 2 rings (SSSR count). The predicted octanol–water partition coefficient (Wildman–Crippen LogP) is 2.50. The lowest BCUT2D eigenvalue weighted by atomic mass is 10.1. The van der Waals surface area contributed by atoms with Crippen LogP contribution in [0.25, 0.3) is 0 Å². The number of esters is 1. The molecular weight excluding hydrogens is 396 g/mol. The summed E-state index contributed by atoms with van der Waals surface area (Å²) in [7, 11) is -1.07. The SMILES string of the molecule is COC(=O)c1cccc(NC(=O)CN(c2cc(C)ccc2OC)S(C)(=O)=O)c1C. The first kappa shape index (κ1) is 22.2. The Balaban J connectivity index is 2.34. The van der Waals surface area contributed by atoms with E-state index in [0.29, 0.717) is 22.6 Å². The number of anilines is 2. The van der Waals surface area contributed by atoms with Gasteiger partial charge in [0.2, 0.25) is 15.9 Å². The van der Waals surface area contributed by atoms with Gasteiger partial charge in [-0.1, -0.05) is 12.1 Å². The largest absolute Gasteiger partial charge is 0.495 e. The summed E-state index contributed by atoms with van der Waals surface area (Å²) < 4.78 is 35.7. The molecule has 0 unspecified atom stereocenters. The van der Waals surface area contributed by atoms with E-state index in [1.807, 2.05) is 6.92 Å². The van der Waals surface area contributed by atoms with Crippen molar-refractivity contribution in [2.24, 2.45) is 0 Å². The number of hydrogen-bond acceptors (Lipinski definition) is 6. The van der Waals surface area contributed by atoms with Gasteiger partial charge in [0.15, 0.2) is 0 Å². The van der Waals surface area contributed by atoms with Crippen LogP contribution in [0.5, 0.6) is 5.75 Å². The number of nitrogens with zero attached hydrogens (tertiary/aromatic N) is 1. The summed E-state index contributed by atoms with van der Waals surface area (Å²) >= 11 is 0. The van der Waals surface area contributed by atoms with Crippen LogP contribution in [0.4, 0.5) is 11.4 Å². The lowest BCUT2D eigenvalue weighted by Gasteiger charge is -2.24. The second kappa shape index (κ2) is 8.95. The van der Waals surface area contributed by atoms with Gasteiger partial charge in [0.25, 0.3) is 0 Å². The van der Waals surface area contributed by atoms with Crippen molar-refractivity contribution in [2.45, 2.75) is 13.8 Å². The van der Waals surface area contributed by atoms with Crippen LogP contribution in [0, 0.1) is 13.8 Å². The minimum Gasteiger partial charge on any atom is -0.495 e. The molecule has 2 aromatic carbocycles. The number of carbonyl (C=O) groups excluding carboxylic acids is 2. The topological polar surface area (TPSA) is 102 Å². The number of sulfonamides is 1. The van der Waals surface area contributed by atoms with E-state index in [1.54, 1.807) is 43.3 Å². The van der Waals surface area contributed by atoms with Crippen molar-refractivity contribution >= 4 is 33.3 Å². The molecule has 0 aliphatic heterocycles. The van der Waals surface area contributed by atoms with E-state index in [4.69, 9.17) is 9.47 Å². The number of nitrogens with one attached hydrogen (secondary N) is 1. The Morgan fingerprint density at radius 2 is 1.79 bits per heavy atom. The summed E-state index contributed by atoms with van der Waals surface area (Å²) in [6, 6.07) is 9.87. The molecule has 0 bridgehead atoms. The van der Waals surface area contributed by atoms with E-state index in [-0.39, 0.29) is 5.69 Å². The van der Waals surface area contributed by atoms with Gasteiger partial charge in [-0.05, 0) is 49.2 Å². The van der Waals surface area contributed by atoms with Gasteiger partial charge in [0, 0.05) is 5.69 Å². The fourth-order valence-corrected chi connectivity index (χ4v) is 3.65. The monoisotopic (exact) mass is 420 g/mol. The van der Waals surface area contributed by atoms with Gasteiger partial charge < -0.3 is 14.8 Å². The summed E-state index contributed by atoms with van der Waals surface area (Å²) in [5, 5.41) is 2.66. The van der Waals surface area contributed by atoms with Gasteiger partial charge in [0.05, 0.1) is 31.7 Å². The van der Waals surface area contributed by atoms with Crippen LogP contribution in [0.1, 0.15) is 21.5 Å². The van der Waals surface area contributed by atoms with E-state index >= 15 is 0 Å². The summed E-state index contributed by atoms with van der Waals surface area (Å²) in [5.41, 5.74) is 2.31. The molecule has 1 amide bonds. The van der Waals surface area contributed by atoms with Crippen molar-refractivity contribution < 1.29 is 27.5 Å². The number of benzene rings is 2. The van der Waals surface area contributed by atoms with Gasteiger partial charge in [-0.25, -0.2) is 13.2 Å². The molecule has 0 saturated carbocycles. The van der Waals surface area contributed by atoms with Gasteiger partial charge in [0.1, 0.15) is 12.3 Å². The van der Waals surface area contributed by atoms with Gasteiger partial charge in [-0.15, -0.1) is 0 Å². The van der Waals surface area contributed by atoms with E-state index in [9.17, 15) is 18.0 Å². The number of carbonyl (C=O) groups is 2. The average molecular weight is 420 g/mol. The normalized spacial score (nSPS) is 10.9. The summed E-state index contributed by atoms with van der Waals surface area (Å²) in [5.74, 6) is -0.761. The second-order valence-corrected chi connectivity index (χ2v) is 8.37. The minimum absolute atomic E-state index is 0.269. The highest BCUT2D eigenvalue weighted by Gasteiger charge is 2.24. The van der Waals surface area contributed by atoms with Gasteiger partial charge in [-0.2, -0.15) is 0 Å². The van der Waals surface area contributed by atoms with Gasteiger partial charge in [-0.3, -0.25) is 9.10 Å². The van der Waals surface area contributed by atoms with Crippen molar-refractivity contribution in [2.75, 3.05) is 36.6 Å². The molecule has 0 fully saturated rings. The van der Waals surface area contributed by atoms with Crippen LogP contribution in [0.15, 0.2) is 36.4 Å². The second-order valence-electron chi connectivity index (χ2n) is 6.46. The molecule has 156 valence electrons. The average Bonchev–Trinajstić information content (AvgIpc) is 2.66. The molecule has 2 aromatic rings. The zero-order chi connectivity index (χ0) is 21.8. The third-order valence-electron chi connectivity index (χ3n) is 4.30. The number of hydrogen-bond donors (Lipinski definition) is 1. The maximum Gasteiger partial charge on any atom is 0.338 e. The minimum atomic E-state index is -3.77. The zero-order valence-electron chi connectivity index (χ0n) is 17.0. The quantitative estimate of drug-likeness (QED) is 0.691. The molecule has 0 radical (unpaired) electrons. The predicted molar refractivity (Wildman–Crippen MR) is 111 cm³/mol. The van der Waals surface area contributed by atoms with Crippen molar-refractivity contribution in [3.63, 3.8) is 0 Å². The van der Waals surface area contributed by atoms with Crippen molar-refractivity contribution in [1.29, 1.82) is 0 Å². The first-order valence-electron chi connectivity index (χ1n) is 8.68. The first-order chi connectivity index (χ1) is 13.6. The molecule has 1 N–H and O–H groups in total. The van der Waals surface area contributed by atoms with Crippen LogP contribution >= 0.6 is 0 Å². The molecule has 9 heteroatoms. The Morgan fingerprint density at radius 3 is 2.38 bits per heavy atom. The van der Waals surface area contributed by atoms with E-state index in [1.165, 1.54) is 14.2 Å². The van der Waals surface area contributed by atoms with Crippen LogP contribution in [0.2, 0.25) is 0 Å². The highest BCUT2D eigenvalue weighted by Crippen LogP contribution is 2.31. The fourth-order valence-electron chi connectivity index (χ4n) is 2.80. The van der Waals surface area contributed by atoms with Gasteiger partial charge >= 0.3 is 5.97 Å². The molecule has 0 spiro atoms. The Morgan fingerprint density at radius 1 is 1.10 bits per heavy atom. The first-order valence-corrected chi connectivity index (χ1v) is 10.5. The molecule has 0 aliphatic carbocycles. The lowest BCUT2D eigenvalue weighted by molar-refractivity contribution is -0.114. The molecule has 0 atom stereocenters. The smallest absolute Gasteiger partial charge is 0.338 e. The number of rotatable bonds is 7. The molecule has 0 aliphatic rings. The zero-order valence-corrected chi connectivity index (χ0v) is 17.8. The summed E-state index contributed by atoms with van der Waals surface area (Å²) in [6.45, 7) is 3.02.